The fourth-order valence-electron chi connectivity index (χ4n) is 1.27. The molecule has 2 heteroatoms. The van der Waals surface area contributed by atoms with Crippen molar-refractivity contribution in [3.05, 3.63) is 35.9 Å². The van der Waals surface area contributed by atoms with Gasteiger partial charge in [-0.3, -0.25) is 0 Å². The van der Waals surface area contributed by atoms with Crippen molar-refractivity contribution in [2.75, 3.05) is 0 Å². The maximum atomic E-state index is 8.38. The molecule has 0 heterocycles. The lowest BCUT2D eigenvalue weighted by atomic mass is 10.0. The highest BCUT2D eigenvalue weighted by molar-refractivity contribution is 5.15. The van der Waals surface area contributed by atoms with Gasteiger partial charge in [-0.15, -0.1) is 0 Å². The van der Waals surface area contributed by atoms with E-state index in [1.165, 1.54) is 5.56 Å². The Morgan fingerprint density at radius 1 is 1.31 bits per heavy atom. The smallest absolute Gasteiger partial charge is 0.0622 e. The minimum atomic E-state index is 0.113. The van der Waals surface area contributed by atoms with E-state index in [1.807, 2.05) is 18.2 Å². The lowest BCUT2D eigenvalue weighted by molar-refractivity contribution is 0.621. The Hall–Kier alpha value is -1.33. The summed E-state index contributed by atoms with van der Waals surface area (Å²) in [6.45, 7) is 0. The molecule has 0 aliphatic carbocycles. The first-order chi connectivity index (χ1) is 6.33. The lowest BCUT2D eigenvalue weighted by Crippen LogP contribution is -2.22. The van der Waals surface area contributed by atoms with Gasteiger partial charge in [0.1, 0.15) is 0 Å². The van der Waals surface area contributed by atoms with Gasteiger partial charge in [-0.2, -0.15) is 5.26 Å². The molecule has 1 rings (SSSR count). The summed E-state index contributed by atoms with van der Waals surface area (Å²) in [7, 11) is 0. The van der Waals surface area contributed by atoms with Crippen LogP contribution in [0.2, 0.25) is 0 Å². The van der Waals surface area contributed by atoms with E-state index in [9.17, 15) is 0 Å². The van der Waals surface area contributed by atoms with Crippen LogP contribution in [-0.4, -0.2) is 6.04 Å². The third-order valence-corrected chi connectivity index (χ3v) is 1.97. The SMILES string of the molecule is N#CCCC(N)Cc1ccccc1. The summed E-state index contributed by atoms with van der Waals surface area (Å²) in [5.41, 5.74) is 7.08. The van der Waals surface area contributed by atoms with Crippen LogP contribution >= 0.6 is 0 Å². The maximum absolute atomic E-state index is 8.38. The maximum Gasteiger partial charge on any atom is 0.0622 e. The van der Waals surface area contributed by atoms with Crippen LogP contribution < -0.4 is 5.73 Å². The summed E-state index contributed by atoms with van der Waals surface area (Å²) in [6.07, 6.45) is 2.20. The molecule has 2 nitrogen and oxygen atoms in total. The van der Waals surface area contributed by atoms with Crippen LogP contribution in [0.3, 0.4) is 0 Å². The van der Waals surface area contributed by atoms with Gasteiger partial charge in [-0.05, 0) is 18.4 Å². The largest absolute Gasteiger partial charge is 0.327 e. The molecule has 0 aliphatic rings. The first-order valence-electron chi connectivity index (χ1n) is 4.49. The molecule has 0 spiro atoms. The fourth-order valence-corrected chi connectivity index (χ4v) is 1.27. The van der Waals surface area contributed by atoms with Crippen LogP contribution in [0.25, 0.3) is 0 Å². The van der Waals surface area contributed by atoms with Crippen molar-refractivity contribution in [3.8, 4) is 6.07 Å². The summed E-state index contributed by atoms with van der Waals surface area (Å²) >= 11 is 0. The average Bonchev–Trinajstić information content (AvgIpc) is 2.16. The van der Waals surface area contributed by atoms with Crippen molar-refractivity contribution in [2.45, 2.75) is 25.3 Å². The fraction of sp³-hybridized carbons (Fsp3) is 0.364. The van der Waals surface area contributed by atoms with Crippen molar-refractivity contribution in [3.63, 3.8) is 0 Å². The number of nitriles is 1. The quantitative estimate of drug-likeness (QED) is 0.757. The minimum absolute atomic E-state index is 0.113. The monoisotopic (exact) mass is 174 g/mol. The third-order valence-electron chi connectivity index (χ3n) is 1.97. The van der Waals surface area contributed by atoms with E-state index >= 15 is 0 Å². The molecule has 0 aliphatic heterocycles. The van der Waals surface area contributed by atoms with Crippen molar-refractivity contribution in [2.24, 2.45) is 5.73 Å². The second kappa shape index (κ2) is 5.34. The second-order valence-electron chi connectivity index (χ2n) is 3.15. The van der Waals surface area contributed by atoms with E-state index < -0.39 is 0 Å². The van der Waals surface area contributed by atoms with Crippen LogP contribution in [0.5, 0.6) is 0 Å². The standard InChI is InChI=1S/C11H14N2/c12-8-4-7-11(13)9-10-5-2-1-3-6-10/h1-3,5-6,11H,4,7,9,13H2. The Morgan fingerprint density at radius 2 is 2.00 bits per heavy atom. The molecular weight excluding hydrogens is 160 g/mol. The normalized spacial score (nSPS) is 12.0. The molecule has 1 atom stereocenters. The Balaban J connectivity index is 2.37. The van der Waals surface area contributed by atoms with Gasteiger partial charge in [-0.25, -0.2) is 0 Å². The first-order valence-corrected chi connectivity index (χ1v) is 4.49. The average molecular weight is 174 g/mol. The molecular formula is C11H14N2. The molecule has 0 saturated heterocycles. The van der Waals surface area contributed by atoms with E-state index in [0.29, 0.717) is 6.42 Å². The third kappa shape index (κ3) is 3.73. The van der Waals surface area contributed by atoms with Gasteiger partial charge < -0.3 is 5.73 Å². The predicted molar refractivity (Wildman–Crippen MR) is 53.0 cm³/mol. The summed E-state index contributed by atoms with van der Waals surface area (Å²) in [5, 5.41) is 8.38. The Kier molecular flexibility index (Phi) is 4.01. The summed E-state index contributed by atoms with van der Waals surface area (Å²) in [6, 6.07) is 12.3. The van der Waals surface area contributed by atoms with E-state index in [2.05, 4.69) is 18.2 Å². The lowest BCUT2D eigenvalue weighted by Gasteiger charge is -2.08. The Labute approximate surface area is 79.0 Å². The molecule has 0 saturated carbocycles. The molecule has 0 aromatic heterocycles. The predicted octanol–water partition coefficient (Wildman–Crippen LogP) is 1.86. The first kappa shape index (κ1) is 9.76. The zero-order valence-corrected chi connectivity index (χ0v) is 7.61. The minimum Gasteiger partial charge on any atom is -0.327 e. The van der Waals surface area contributed by atoms with Crippen LogP contribution in [0, 0.1) is 11.3 Å². The molecule has 0 bridgehead atoms. The molecule has 2 N–H and O–H groups in total. The summed E-state index contributed by atoms with van der Waals surface area (Å²) < 4.78 is 0. The molecule has 0 amide bonds. The van der Waals surface area contributed by atoms with Crippen molar-refractivity contribution < 1.29 is 0 Å². The molecule has 0 radical (unpaired) electrons. The highest BCUT2D eigenvalue weighted by Crippen LogP contribution is 2.04. The number of benzene rings is 1. The highest BCUT2D eigenvalue weighted by atomic mass is 14.6. The number of hydrogen-bond donors (Lipinski definition) is 1. The van der Waals surface area contributed by atoms with E-state index in [4.69, 9.17) is 11.0 Å². The van der Waals surface area contributed by atoms with Crippen LogP contribution in [0.1, 0.15) is 18.4 Å². The second-order valence-corrected chi connectivity index (χ2v) is 3.15. The molecule has 1 unspecified atom stereocenters. The summed E-state index contributed by atoms with van der Waals surface area (Å²) in [5.74, 6) is 0. The zero-order valence-electron chi connectivity index (χ0n) is 7.61. The van der Waals surface area contributed by atoms with Gasteiger partial charge in [-0.1, -0.05) is 30.3 Å². The molecule has 68 valence electrons. The van der Waals surface area contributed by atoms with Crippen molar-refractivity contribution >= 4 is 0 Å². The molecule has 0 fully saturated rings. The van der Waals surface area contributed by atoms with Crippen molar-refractivity contribution in [1.82, 2.24) is 0 Å². The van der Waals surface area contributed by atoms with Gasteiger partial charge in [0.25, 0.3) is 0 Å². The number of nitrogens with zero attached hydrogens (tertiary/aromatic N) is 1. The van der Waals surface area contributed by atoms with Crippen LogP contribution in [-0.2, 0) is 6.42 Å². The van der Waals surface area contributed by atoms with Gasteiger partial charge in [0.15, 0.2) is 0 Å². The van der Waals surface area contributed by atoms with Crippen LogP contribution in [0.15, 0.2) is 30.3 Å². The van der Waals surface area contributed by atoms with Crippen LogP contribution in [0.4, 0.5) is 0 Å². The number of rotatable bonds is 4. The van der Waals surface area contributed by atoms with E-state index in [0.717, 1.165) is 12.8 Å². The Bertz CT molecular complexity index is 274. The number of hydrogen-bond acceptors (Lipinski definition) is 2. The summed E-state index contributed by atoms with van der Waals surface area (Å²) in [4.78, 5) is 0. The molecule has 1 aromatic carbocycles. The number of nitrogens with two attached hydrogens (primary N) is 1. The topological polar surface area (TPSA) is 49.8 Å². The molecule has 13 heavy (non-hydrogen) atoms. The van der Waals surface area contributed by atoms with Gasteiger partial charge in [0.05, 0.1) is 6.07 Å². The van der Waals surface area contributed by atoms with Crippen molar-refractivity contribution in [1.29, 1.82) is 5.26 Å². The van der Waals surface area contributed by atoms with Gasteiger partial charge in [0.2, 0.25) is 0 Å². The van der Waals surface area contributed by atoms with Gasteiger partial charge >= 0.3 is 0 Å². The van der Waals surface area contributed by atoms with Gasteiger partial charge in [0, 0.05) is 12.5 Å². The zero-order chi connectivity index (χ0) is 9.52. The Morgan fingerprint density at radius 3 is 2.62 bits per heavy atom. The molecule has 1 aromatic rings. The highest BCUT2D eigenvalue weighted by Gasteiger charge is 2.02. The van der Waals surface area contributed by atoms with E-state index in [-0.39, 0.29) is 6.04 Å². The van der Waals surface area contributed by atoms with E-state index in [1.54, 1.807) is 0 Å².